The van der Waals surface area contributed by atoms with E-state index in [1.807, 2.05) is 6.92 Å². The molecule has 0 aliphatic heterocycles. The van der Waals surface area contributed by atoms with Crippen molar-refractivity contribution in [2.24, 2.45) is 5.84 Å². The minimum Gasteiger partial charge on any atom is -0.496 e. The Bertz CT molecular complexity index is 366. The monoisotopic (exact) mass is 224 g/mol. The Kier molecular flexibility index (Phi) is 4.75. The number of carbonyl (C=O) groups excluding carboxylic acids is 1. The van der Waals surface area contributed by atoms with Crippen LogP contribution in [0.3, 0.4) is 0 Å². The van der Waals surface area contributed by atoms with Crippen molar-refractivity contribution in [3.63, 3.8) is 0 Å². The summed E-state index contributed by atoms with van der Waals surface area (Å²) in [6.45, 7) is 2.92. The summed E-state index contributed by atoms with van der Waals surface area (Å²) in [4.78, 5) is 11.3. The van der Waals surface area contributed by atoms with Crippen LogP contribution in [0.1, 0.15) is 22.8 Å². The van der Waals surface area contributed by atoms with Gasteiger partial charge in [0.1, 0.15) is 5.75 Å². The maximum atomic E-state index is 11.3. The summed E-state index contributed by atoms with van der Waals surface area (Å²) in [7, 11) is 1.58. The van der Waals surface area contributed by atoms with Crippen LogP contribution in [0, 0.1) is 0 Å². The molecule has 5 heteroatoms. The van der Waals surface area contributed by atoms with Crippen LogP contribution in [-0.2, 0) is 11.3 Å². The van der Waals surface area contributed by atoms with Crippen molar-refractivity contribution in [1.82, 2.24) is 5.43 Å². The van der Waals surface area contributed by atoms with Crippen molar-refractivity contribution >= 4 is 5.91 Å². The minimum absolute atomic E-state index is 0.333. The number of nitrogens with one attached hydrogen (secondary N) is 1. The molecule has 0 unspecified atom stereocenters. The second-order valence-corrected chi connectivity index (χ2v) is 3.14. The smallest absolute Gasteiger partial charge is 0.265 e. The highest BCUT2D eigenvalue weighted by molar-refractivity contribution is 5.94. The summed E-state index contributed by atoms with van der Waals surface area (Å²) in [6.07, 6.45) is 0. The highest BCUT2D eigenvalue weighted by Crippen LogP contribution is 2.20. The zero-order valence-electron chi connectivity index (χ0n) is 9.45. The average molecular weight is 224 g/mol. The van der Waals surface area contributed by atoms with E-state index in [-0.39, 0.29) is 5.91 Å². The van der Waals surface area contributed by atoms with Gasteiger partial charge in [0.15, 0.2) is 0 Å². The van der Waals surface area contributed by atoms with Crippen molar-refractivity contribution in [3.8, 4) is 5.75 Å². The molecule has 3 N–H and O–H groups in total. The summed E-state index contributed by atoms with van der Waals surface area (Å²) in [5, 5.41) is 0. The minimum atomic E-state index is -0.333. The van der Waals surface area contributed by atoms with Gasteiger partial charge in [0.2, 0.25) is 0 Å². The fourth-order valence-corrected chi connectivity index (χ4v) is 1.33. The van der Waals surface area contributed by atoms with E-state index in [0.717, 1.165) is 5.56 Å². The number of methoxy groups -OCH3 is 1. The lowest BCUT2D eigenvalue weighted by atomic mass is 10.1. The molecule has 1 aromatic carbocycles. The van der Waals surface area contributed by atoms with Gasteiger partial charge in [-0.05, 0) is 25.1 Å². The number of nitrogen functional groups attached to an aromatic ring is 1. The molecule has 0 aromatic heterocycles. The Morgan fingerprint density at radius 3 is 2.81 bits per heavy atom. The maximum absolute atomic E-state index is 11.3. The SMILES string of the molecule is CCOCc1cc(C(=O)NN)ccc1OC. The molecular weight excluding hydrogens is 208 g/mol. The van der Waals surface area contributed by atoms with Gasteiger partial charge in [-0.15, -0.1) is 0 Å². The molecule has 1 aromatic rings. The van der Waals surface area contributed by atoms with Crippen LogP contribution in [0.2, 0.25) is 0 Å². The summed E-state index contributed by atoms with van der Waals surface area (Å²) >= 11 is 0. The predicted octanol–water partition coefficient (Wildman–Crippen LogP) is 0.835. The molecule has 0 radical (unpaired) electrons. The molecule has 0 saturated heterocycles. The molecule has 0 aliphatic carbocycles. The quantitative estimate of drug-likeness (QED) is 0.441. The van der Waals surface area contributed by atoms with Crippen LogP contribution in [0.4, 0.5) is 0 Å². The van der Waals surface area contributed by atoms with E-state index in [4.69, 9.17) is 15.3 Å². The van der Waals surface area contributed by atoms with Crippen molar-refractivity contribution in [3.05, 3.63) is 29.3 Å². The van der Waals surface area contributed by atoms with E-state index < -0.39 is 0 Å². The first-order valence-corrected chi connectivity index (χ1v) is 4.98. The van der Waals surface area contributed by atoms with E-state index in [2.05, 4.69) is 5.43 Å². The van der Waals surface area contributed by atoms with E-state index in [9.17, 15) is 4.79 Å². The van der Waals surface area contributed by atoms with Gasteiger partial charge < -0.3 is 9.47 Å². The normalized spacial score (nSPS) is 9.94. The third kappa shape index (κ3) is 2.95. The molecule has 88 valence electrons. The van der Waals surface area contributed by atoms with Gasteiger partial charge in [-0.3, -0.25) is 10.2 Å². The molecule has 1 rings (SSSR count). The maximum Gasteiger partial charge on any atom is 0.265 e. The number of carbonyl (C=O) groups is 1. The number of hydrogen-bond acceptors (Lipinski definition) is 4. The third-order valence-corrected chi connectivity index (χ3v) is 2.14. The van der Waals surface area contributed by atoms with Gasteiger partial charge in [-0.25, -0.2) is 5.84 Å². The van der Waals surface area contributed by atoms with Crippen LogP contribution in [0.15, 0.2) is 18.2 Å². The first-order chi connectivity index (χ1) is 7.72. The summed E-state index contributed by atoms with van der Waals surface area (Å²) in [5.74, 6) is 5.43. The van der Waals surface area contributed by atoms with Crippen LogP contribution in [-0.4, -0.2) is 19.6 Å². The number of hydrazine groups is 1. The van der Waals surface area contributed by atoms with E-state index in [1.54, 1.807) is 25.3 Å². The lowest BCUT2D eigenvalue weighted by molar-refractivity contribution is 0.0953. The molecule has 16 heavy (non-hydrogen) atoms. The van der Waals surface area contributed by atoms with E-state index >= 15 is 0 Å². The number of rotatable bonds is 5. The molecule has 1 amide bonds. The topological polar surface area (TPSA) is 73.6 Å². The molecule has 0 heterocycles. The fourth-order valence-electron chi connectivity index (χ4n) is 1.33. The van der Waals surface area contributed by atoms with Gasteiger partial charge >= 0.3 is 0 Å². The van der Waals surface area contributed by atoms with Gasteiger partial charge in [-0.1, -0.05) is 0 Å². The second-order valence-electron chi connectivity index (χ2n) is 3.14. The Morgan fingerprint density at radius 2 is 2.25 bits per heavy atom. The van der Waals surface area contributed by atoms with Crippen molar-refractivity contribution < 1.29 is 14.3 Å². The Labute approximate surface area is 94.5 Å². The second kappa shape index (κ2) is 6.09. The third-order valence-electron chi connectivity index (χ3n) is 2.14. The van der Waals surface area contributed by atoms with Crippen molar-refractivity contribution in [2.75, 3.05) is 13.7 Å². The molecule has 0 spiro atoms. The predicted molar refractivity (Wildman–Crippen MR) is 60.0 cm³/mol. The number of benzene rings is 1. The highest BCUT2D eigenvalue weighted by atomic mass is 16.5. The molecule has 0 aliphatic rings. The number of nitrogens with two attached hydrogens (primary N) is 1. The molecule has 0 saturated carbocycles. The molecule has 5 nitrogen and oxygen atoms in total. The fraction of sp³-hybridized carbons (Fsp3) is 0.364. The Morgan fingerprint density at radius 1 is 1.50 bits per heavy atom. The van der Waals surface area contributed by atoms with Gasteiger partial charge in [0, 0.05) is 17.7 Å². The Hall–Kier alpha value is -1.59. The van der Waals surface area contributed by atoms with Gasteiger partial charge in [0.05, 0.1) is 13.7 Å². The highest BCUT2D eigenvalue weighted by Gasteiger charge is 2.08. The lowest BCUT2D eigenvalue weighted by Crippen LogP contribution is -2.30. The summed E-state index contributed by atoms with van der Waals surface area (Å²) < 4.78 is 10.5. The number of amides is 1. The molecule has 0 bridgehead atoms. The van der Waals surface area contributed by atoms with Gasteiger partial charge in [-0.2, -0.15) is 0 Å². The zero-order chi connectivity index (χ0) is 12.0. The largest absolute Gasteiger partial charge is 0.496 e. The molecular formula is C11H16N2O3. The van der Waals surface area contributed by atoms with E-state index in [0.29, 0.717) is 24.5 Å². The molecule has 0 fully saturated rings. The first-order valence-electron chi connectivity index (χ1n) is 4.98. The molecule has 0 atom stereocenters. The summed E-state index contributed by atoms with van der Waals surface area (Å²) in [6, 6.07) is 5.08. The van der Waals surface area contributed by atoms with Crippen molar-refractivity contribution in [1.29, 1.82) is 0 Å². The van der Waals surface area contributed by atoms with Crippen LogP contribution < -0.4 is 16.0 Å². The van der Waals surface area contributed by atoms with Crippen LogP contribution in [0.25, 0.3) is 0 Å². The van der Waals surface area contributed by atoms with Crippen molar-refractivity contribution in [2.45, 2.75) is 13.5 Å². The lowest BCUT2D eigenvalue weighted by Gasteiger charge is -2.10. The first kappa shape index (κ1) is 12.5. The number of hydrogen-bond donors (Lipinski definition) is 2. The Balaban J connectivity index is 2.96. The van der Waals surface area contributed by atoms with E-state index in [1.165, 1.54) is 0 Å². The average Bonchev–Trinajstić information content (AvgIpc) is 2.34. The standard InChI is InChI=1S/C11H16N2O3/c1-3-16-7-9-6-8(11(14)13-12)4-5-10(9)15-2/h4-6H,3,7,12H2,1-2H3,(H,13,14). The zero-order valence-corrected chi connectivity index (χ0v) is 9.45. The van der Waals surface area contributed by atoms with Crippen LogP contribution in [0.5, 0.6) is 5.75 Å². The van der Waals surface area contributed by atoms with Gasteiger partial charge in [0.25, 0.3) is 5.91 Å². The van der Waals surface area contributed by atoms with Crippen LogP contribution >= 0.6 is 0 Å². The summed E-state index contributed by atoms with van der Waals surface area (Å²) in [5.41, 5.74) is 3.39. The number of ether oxygens (including phenoxy) is 2.